The molecule has 7 nitrogen and oxygen atoms in total. The van der Waals surface area contributed by atoms with Gasteiger partial charge in [-0.2, -0.15) is 8.78 Å². The molecule has 26 heavy (non-hydrogen) atoms. The second-order valence-corrected chi connectivity index (χ2v) is 5.85. The van der Waals surface area contributed by atoms with Crippen molar-refractivity contribution < 1.29 is 27.1 Å². The molecule has 1 amide bonds. The number of carbonyl (C=O) groups excluding carboxylic acids is 1. The lowest BCUT2D eigenvalue weighted by Crippen LogP contribution is -2.24. The Balaban J connectivity index is 1.50. The molecule has 0 unspecified atom stereocenters. The molecule has 0 aliphatic rings. The molecule has 0 spiro atoms. The van der Waals surface area contributed by atoms with Crippen molar-refractivity contribution in [2.45, 2.75) is 18.4 Å². The van der Waals surface area contributed by atoms with E-state index in [0.29, 0.717) is 17.9 Å². The summed E-state index contributed by atoms with van der Waals surface area (Å²) in [5, 5.41) is 10.6. The fourth-order valence-corrected chi connectivity index (χ4v) is 2.53. The summed E-state index contributed by atoms with van der Waals surface area (Å²) in [5.41, 5.74) is 0.549. The number of nitrogens with one attached hydrogen (secondary N) is 1. The van der Waals surface area contributed by atoms with E-state index in [1.807, 2.05) is 0 Å². The van der Waals surface area contributed by atoms with E-state index in [9.17, 15) is 13.6 Å². The minimum absolute atomic E-state index is 0.0334. The first-order valence-electron chi connectivity index (χ1n) is 7.41. The van der Waals surface area contributed by atoms with Crippen LogP contribution in [0.4, 0.5) is 8.78 Å². The van der Waals surface area contributed by atoms with E-state index in [1.54, 1.807) is 12.1 Å². The molecule has 0 aliphatic carbocycles. The third kappa shape index (κ3) is 5.06. The lowest BCUT2D eigenvalue weighted by atomic mass is 10.2. The van der Waals surface area contributed by atoms with Crippen LogP contribution in [0, 0.1) is 0 Å². The Morgan fingerprint density at radius 1 is 1.23 bits per heavy atom. The first-order valence-corrected chi connectivity index (χ1v) is 8.39. The van der Waals surface area contributed by atoms with Gasteiger partial charge in [0.25, 0.3) is 5.22 Å². The number of carbonyl (C=O) groups is 1. The number of thioether (sulfide) groups is 1. The number of halogens is 2. The van der Waals surface area contributed by atoms with Crippen molar-refractivity contribution in [3.63, 3.8) is 0 Å². The average molecular weight is 381 g/mol. The third-order valence-corrected chi connectivity index (χ3v) is 3.92. The summed E-state index contributed by atoms with van der Waals surface area (Å²) in [4.78, 5) is 11.8. The minimum atomic E-state index is -2.88. The summed E-state index contributed by atoms with van der Waals surface area (Å²) in [6, 6.07) is 9.30. The zero-order valence-electron chi connectivity index (χ0n) is 13.2. The van der Waals surface area contributed by atoms with E-state index in [4.69, 9.17) is 8.83 Å². The smallest absolute Gasteiger partial charge is 0.387 e. The molecule has 3 aromatic rings. The van der Waals surface area contributed by atoms with Gasteiger partial charge in [0.2, 0.25) is 11.8 Å². The van der Waals surface area contributed by atoms with Crippen molar-refractivity contribution in [2.24, 2.45) is 0 Å². The Morgan fingerprint density at radius 2 is 2.04 bits per heavy atom. The van der Waals surface area contributed by atoms with Crippen LogP contribution in [-0.2, 0) is 11.3 Å². The van der Waals surface area contributed by atoms with Crippen LogP contribution in [0.15, 0.2) is 56.7 Å². The fraction of sp³-hybridized carbons (Fsp3) is 0.188. The number of hydrogen-bond donors (Lipinski definition) is 1. The molecule has 0 saturated carbocycles. The highest BCUT2D eigenvalue weighted by Crippen LogP contribution is 2.25. The summed E-state index contributed by atoms with van der Waals surface area (Å²) >= 11 is 1.09. The van der Waals surface area contributed by atoms with Gasteiger partial charge < -0.3 is 18.9 Å². The molecule has 136 valence electrons. The first kappa shape index (κ1) is 17.9. The van der Waals surface area contributed by atoms with Crippen LogP contribution in [0.3, 0.4) is 0 Å². The summed E-state index contributed by atoms with van der Waals surface area (Å²) in [5.74, 6) is 0.796. The number of amides is 1. The van der Waals surface area contributed by atoms with Crippen molar-refractivity contribution >= 4 is 17.7 Å². The molecule has 0 fully saturated rings. The lowest BCUT2D eigenvalue weighted by Gasteiger charge is -2.03. The van der Waals surface area contributed by atoms with Crippen LogP contribution in [0.5, 0.6) is 5.75 Å². The molecule has 0 saturated heterocycles. The zero-order chi connectivity index (χ0) is 18.4. The van der Waals surface area contributed by atoms with Crippen LogP contribution in [0.2, 0.25) is 0 Å². The normalized spacial score (nSPS) is 10.9. The minimum Gasteiger partial charge on any atom is -0.467 e. The molecule has 3 rings (SSSR count). The van der Waals surface area contributed by atoms with Crippen molar-refractivity contribution in [3.8, 4) is 17.2 Å². The van der Waals surface area contributed by atoms with E-state index < -0.39 is 6.61 Å². The predicted molar refractivity (Wildman–Crippen MR) is 87.6 cm³/mol. The Bertz CT molecular complexity index is 838. The largest absolute Gasteiger partial charge is 0.467 e. The summed E-state index contributed by atoms with van der Waals surface area (Å²) in [6.45, 7) is -2.58. The SMILES string of the molecule is O=C(CSc1nnc(-c2ccc(OC(F)F)cc2)o1)NCc1ccco1. The Hall–Kier alpha value is -2.88. The monoisotopic (exact) mass is 381 g/mol. The predicted octanol–water partition coefficient (Wildman–Crippen LogP) is 3.34. The highest BCUT2D eigenvalue weighted by molar-refractivity contribution is 7.99. The van der Waals surface area contributed by atoms with Crippen molar-refractivity contribution in [1.82, 2.24) is 15.5 Å². The number of benzene rings is 1. The maximum absolute atomic E-state index is 12.1. The van der Waals surface area contributed by atoms with Crippen molar-refractivity contribution in [2.75, 3.05) is 5.75 Å². The Kier molecular flexibility index (Phi) is 5.84. The number of aromatic nitrogens is 2. The summed E-state index contributed by atoms with van der Waals surface area (Å²) in [7, 11) is 0. The van der Waals surface area contributed by atoms with Crippen LogP contribution in [0.25, 0.3) is 11.5 Å². The van der Waals surface area contributed by atoms with Crippen molar-refractivity contribution in [3.05, 3.63) is 48.4 Å². The van der Waals surface area contributed by atoms with E-state index in [0.717, 1.165) is 11.8 Å². The molecule has 0 atom stereocenters. The van der Waals surface area contributed by atoms with Crippen LogP contribution in [-0.4, -0.2) is 28.5 Å². The van der Waals surface area contributed by atoms with Crippen molar-refractivity contribution in [1.29, 1.82) is 0 Å². The number of nitrogens with zero attached hydrogens (tertiary/aromatic N) is 2. The van der Waals surface area contributed by atoms with Gasteiger partial charge in [0.1, 0.15) is 11.5 Å². The van der Waals surface area contributed by atoms with E-state index >= 15 is 0 Å². The number of furan rings is 1. The molecule has 2 heterocycles. The number of ether oxygens (including phenoxy) is 1. The average Bonchev–Trinajstić information content (AvgIpc) is 3.30. The third-order valence-electron chi connectivity index (χ3n) is 3.10. The van der Waals surface area contributed by atoms with Gasteiger partial charge in [-0.05, 0) is 36.4 Å². The van der Waals surface area contributed by atoms with Gasteiger partial charge in [0, 0.05) is 5.56 Å². The Morgan fingerprint density at radius 3 is 2.73 bits per heavy atom. The highest BCUT2D eigenvalue weighted by atomic mass is 32.2. The lowest BCUT2D eigenvalue weighted by molar-refractivity contribution is -0.118. The molecule has 1 N–H and O–H groups in total. The summed E-state index contributed by atoms with van der Waals surface area (Å²) in [6.07, 6.45) is 1.53. The molecular weight excluding hydrogens is 368 g/mol. The van der Waals surface area contributed by atoms with Crippen LogP contribution < -0.4 is 10.1 Å². The van der Waals surface area contributed by atoms with Gasteiger partial charge >= 0.3 is 6.61 Å². The second kappa shape index (κ2) is 8.48. The van der Waals surface area contributed by atoms with E-state index in [1.165, 1.54) is 30.5 Å². The quantitative estimate of drug-likeness (QED) is 0.599. The molecule has 10 heteroatoms. The number of alkyl halides is 2. The van der Waals surface area contributed by atoms with E-state index in [2.05, 4.69) is 20.3 Å². The van der Waals surface area contributed by atoms with Gasteiger partial charge in [-0.25, -0.2) is 0 Å². The number of rotatable bonds is 8. The van der Waals surface area contributed by atoms with Gasteiger partial charge in [0.15, 0.2) is 0 Å². The molecule has 0 radical (unpaired) electrons. The molecule has 2 aromatic heterocycles. The first-order chi connectivity index (χ1) is 12.6. The number of hydrogen-bond acceptors (Lipinski definition) is 7. The van der Waals surface area contributed by atoms with Crippen LogP contribution >= 0.6 is 11.8 Å². The summed E-state index contributed by atoms with van der Waals surface area (Å²) < 4.78 is 39.1. The molecule has 0 bridgehead atoms. The van der Waals surface area contributed by atoms with Gasteiger partial charge in [0.05, 0.1) is 18.6 Å². The van der Waals surface area contributed by atoms with Crippen LogP contribution in [0.1, 0.15) is 5.76 Å². The standard InChI is InChI=1S/C16H13F2N3O4S/c17-15(18)24-11-5-3-10(4-6-11)14-20-21-16(25-14)26-9-13(22)19-8-12-2-1-7-23-12/h1-7,15H,8-9H2,(H,19,22). The van der Waals surface area contributed by atoms with E-state index in [-0.39, 0.29) is 28.5 Å². The highest BCUT2D eigenvalue weighted by Gasteiger charge is 2.12. The Labute approximate surface area is 150 Å². The maximum atomic E-state index is 12.1. The molecular formula is C16H13F2N3O4S. The molecule has 1 aromatic carbocycles. The van der Waals surface area contributed by atoms with Gasteiger partial charge in [-0.15, -0.1) is 10.2 Å². The second-order valence-electron chi connectivity index (χ2n) is 4.92. The molecule has 0 aliphatic heterocycles. The topological polar surface area (TPSA) is 90.4 Å². The van der Waals surface area contributed by atoms with Gasteiger partial charge in [-0.1, -0.05) is 11.8 Å². The van der Waals surface area contributed by atoms with Gasteiger partial charge in [-0.3, -0.25) is 4.79 Å². The maximum Gasteiger partial charge on any atom is 0.387 e. The fourth-order valence-electron chi connectivity index (χ4n) is 1.94. The zero-order valence-corrected chi connectivity index (χ0v) is 14.0.